The molecule has 164 valence electrons. The molecule has 0 aliphatic carbocycles. The summed E-state index contributed by atoms with van der Waals surface area (Å²) in [4.78, 5) is 4.87. The van der Waals surface area contributed by atoms with Crippen molar-refractivity contribution in [2.24, 2.45) is 4.99 Å². The number of nitrogens with zero attached hydrogens (tertiary/aromatic N) is 1. The number of guanidine groups is 1. The Hall–Kier alpha value is -1.60. The number of aliphatic imine (C=N–C) groups is 1. The van der Waals surface area contributed by atoms with Gasteiger partial charge in [-0.1, -0.05) is 6.07 Å². The second-order valence-corrected chi connectivity index (χ2v) is 8.29. The van der Waals surface area contributed by atoms with Gasteiger partial charge in [0.05, 0.1) is 19.8 Å². The van der Waals surface area contributed by atoms with E-state index in [2.05, 4.69) is 35.9 Å². The van der Waals surface area contributed by atoms with Crippen molar-refractivity contribution in [3.8, 4) is 11.5 Å². The predicted molar refractivity (Wildman–Crippen MR) is 123 cm³/mol. The molecule has 0 spiro atoms. The van der Waals surface area contributed by atoms with Crippen molar-refractivity contribution in [1.82, 2.24) is 10.6 Å². The summed E-state index contributed by atoms with van der Waals surface area (Å²) in [7, 11) is 0. The third-order valence-electron chi connectivity index (χ3n) is 5.02. The Morgan fingerprint density at radius 2 is 1.83 bits per heavy atom. The van der Waals surface area contributed by atoms with Crippen LogP contribution in [0.15, 0.2) is 23.2 Å². The normalized spacial score (nSPS) is 16.3. The van der Waals surface area contributed by atoms with Gasteiger partial charge >= 0.3 is 0 Å². The average molecular weight is 424 g/mol. The fraction of sp³-hybridized carbons (Fsp3) is 0.682. The van der Waals surface area contributed by atoms with E-state index in [1.165, 1.54) is 5.56 Å². The molecule has 6 nitrogen and oxygen atoms in total. The standard InChI is InChI=1S/C22H37N3O3S/c1-5-23-21(25-17-22(29-4)11-14-26-15-12-22)24-13-10-18-8-9-19(27-6-2)20(16-18)28-7-3/h8-9,16H,5-7,10-15,17H2,1-4H3,(H2,23,24,25). The Balaban J connectivity index is 1.93. The highest BCUT2D eigenvalue weighted by Gasteiger charge is 2.31. The Labute approximate surface area is 180 Å². The monoisotopic (exact) mass is 423 g/mol. The summed E-state index contributed by atoms with van der Waals surface area (Å²) in [6, 6.07) is 6.17. The van der Waals surface area contributed by atoms with Crippen LogP contribution in [0.2, 0.25) is 0 Å². The average Bonchev–Trinajstić information content (AvgIpc) is 2.75. The van der Waals surface area contributed by atoms with Crippen molar-refractivity contribution in [3.63, 3.8) is 0 Å². The van der Waals surface area contributed by atoms with Gasteiger partial charge in [0, 0.05) is 31.1 Å². The van der Waals surface area contributed by atoms with E-state index in [9.17, 15) is 0 Å². The van der Waals surface area contributed by atoms with Crippen LogP contribution in [0.5, 0.6) is 11.5 Å². The zero-order valence-corrected chi connectivity index (χ0v) is 19.2. The third-order valence-corrected chi connectivity index (χ3v) is 6.42. The van der Waals surface area contributed by atoms with Crippen molar-refractivity contribution in [2.75, 3.05) is 52.3 Å². The van der Waals surface area contributed by atoms with Crippen molar-refractivity contribution < 1.29 is 14.2 Å². The Morgan fingerprint density at radius 1 is 1.10 bits per heavy atom. The van der Waals surface area contributed by atoms with Gasteiger partial charge in [-0.15, -0.1) is 0 Å². The van der Waals surface area contributed by atoms with Crippen molar-refractivity contribution >= 4 is 17.7 Å². The molecule has 0 saturated carbocycles. The number of rotatable bonds is 11. The lowest BCUT2D eigenvalue weighted by Crippen LogP contribution is -2.41. The molecule has 1 fully saturated rings. The van der Waals surface area contributed by atoms with Gasteiger partial charge in [0.25, 0.3) is 0 Å². The molecule has 0 bridgehead atoms. The SMILES string of the molecule is CCNC(=NCC1(SC)CCOCC1)NCCc1ccc(OCC)c(OCC)c1. The molecular formula is C22H37N3O3S. The molecule has 29 heavy (non-hydrogen) atoms. The first-order valence-corrected chi connectivity index (χ1v) is 11.9. The van der Waals surface area contributed by atoms with Crippen LogP contribution in [-0.4, -0.2) is 63.0 Å². The minimum absolute atomic E-state index is 0.197. The van der Waals surface area contributed by atoms with Crippen LogP contribution in [0.1, 0.15) is 39.2 Å². The molecule has 1 aromatic carbocycles. The van der Waals surface area contributed by atoms with E-state index in [0.29, 0.717) is 13.2 Å². The maximum atomic E-state index is 5.73. The lowest BCUT2D eigenvalue weighted by atomic mass is 9.99. The molecule has 7 heteroatoms. The van der Waals surface area contributed by atoms with Crippen LogP contribution in [0, 0.1) is 0 Å². The summed E-state index contributed by atoms with van der Waals surface area (Å²) >= 11 is 1.92. The number of hydrogen-bond acceptors (Lipinski definition) is 5. The van der Waals surface area contributed by atoms with Crippen molar-refractivity contribution in [1.29, 1.82) is 0 Å². The summed E-state index contributed by atoms with van der Waals surface area (Å²) in [5.74, 6) is 2.50. The Morgan fingerprint density at radius 3 is 2.48 bits per heavy atom. The summed E-state index contributed by atoms with van der Waals surface area (Å²) in [5.41, 5.74) is 1.21. The molecule has 0 aromatic heterocycles. The first kappa shape index (κ1) is 23.7. The molecule has 0 unspecified atom stereocenters. The van der Waals surface area contributed by atoms with Crippen LogP contribution >= 0.6 is 11.8 Å². The largest absolute Gasteiger partial charge is 0.490 e. The second-order valence-electron chi connectivity index (χ2n) is 7.02. The van der Waals surface area contributed by atoms with Crippen LogP contribution in [0.3, 0.4) is 0 Å². The van der Waals surface area contributed by atoms with Gasteiger partial charge in [-0.25, -0.2) is 0 Å². The first-order valence-electron chi connectivity index (χ1n) is 10.7. The first-order chi connectivity index (χ1) is 14.2. The maximum absolute atomic E-state index is 5.73. The van der Waals surface area contributed by atoms with Gasteiger partial charge in [-0.3, -0.25) is 4.99 Å². The second kappa shape index (κ2) is 12.9. The molecule has 0 radical (unpaired) electrons. The third kappa shape index (κ3) is 7.63. The predicted octanol–water partition coefficient (Wildman–Crippen LogP) is 3.49. The quantitative estimate of drug-likeness (QED) is 0.420. The van der Waals surface area contributed by atoms with Gasteiger partial charge in [0.1, 0.15) is 0 Å². The molecule has 1 aliphatic heterocycles. The molecule has 1 aliphatic rings. The van der Waals surface area contributed by atoms with Gasteiger partial charge in [0.2, 0.25) is 0 Å². The smallest absolute Gasteiger partial charge is 0.191 e. The topological polar surface area (TPSA) is 64.1 Å². The molecule has 1 saturated heterocycles. The summed E-state index contributed by atoms with van der Waals surface area (Å²) in [6.07, 6.45) is 5.19. The molecule has 0 amide bonds. The number of thioether (sulfide) groups is 1. The van der Waals surface area contributed by atoms with Crippen molar-refractivity contribution in [2.45, 2.75) is 44.8 Å². The number of hydrogen-bond donors (Lipinski definition) is 2. The number of nitrogens with one attached hydrogen (secondary N) is 2. The highest BCUT2D eigenvalue weighted by molar-refractivity contribution is 8.00. The molecule has 1 aromatic rings. The van der Waals surface area contributed by atoms with Gasteiger partial charge in [-0.05, 0) is 64.0 Å². The zero-order chi connectivity index (χ0) is 21.0. The van der Waals surface area contributed by atoms with E-state index in [1.807, 2.05) is 31.7 Å². The Kier molecular flexibility index (Phi) is 10.5. The summed E-state index contributed by atoms with van der Waals surface area (Å²) in [5, 5.41) is 6.83. The number of ether oxygens (including phenoxy) is 3. The van der Waals surface area contributed by atoms with Crippen LogP contribution in [0.25, 0.3) is 0 Å². The number of benzene rings is 1. The fourth-order valence-electron chi connectivity index (χ4n) is 3.31. The highest BCUT2D eigenvalue weighted by atomic mass is 32.2. The minimum Gasteiger partial charge on any atom is -0.490 e. The molecule has 2 rings (SSSR count). The lowest BCUT2D eigenvalue weighted by Gasteiger charge is -2.34. The zero-order valence-electron chi connectivity index (χ0n) is 18.4. The van der Waals surface area contributed by atoms with Crippen LogP contribution in [0.4, 0.5) is 0 Å². The van der Waals surface area contributed by atoms with E-state index in [4.69, 9.17) is 19.2 Å². The van der Waals surface area contributed by atoms with Gasteiger partial charge in [-0.2, -0.15) is 11.8 Å². The fourth-order valence-corrected chi connectivity index (χ4v) is 4.08. The molecule has 1 heterocycles. The van der Waals surface area contributed by atoms with E-state index < -0.39 is 0 Å². The molecule has 2 N–H and O–H groups in total. The van der Waals surface area contributed by atoms with Crippen molar-refractivity contribution in [3.05, 3.63) is 23.8 Å². The summed E-state index contributed by atoms with van der Waals surface area (Å²) < 4.78 is 17.1. The van der Waals surface area contributed by atoms with E-state index in [0.717, 1.165) is 69.6 Å². The van der Waals surface area contributed by atoms with E-state index in [-0.39, 0.29) is 4.75 Å². The molecule has 0 atom stereocenters. The van der Waals surface area contributed by atoms with Crippen LogP contribution in [-0.2, 0) is 11.2 Å². The lowest BCUT2D eigenvalue weighted by molar-refractivity contribution is 0.0794. The highest BCUT2D eigenvalue weighted by Crippen LogP contribution is 2.34. The van der Waals surface area contributed by atoms with Crippen LogP contribution < -0.4 is 20.1 Å². The van der Waals surface area contributed by atoms with E-state index >= 15 is 0 Å². The maximum Gasteiger partial charge on any atom is 0.191 e. The minimum atomic E-state index is 0.197. The summed E-state index contributed by atoms with van der Waals surface area (Å²) in [6.45, 7) is 11.5. The van der Waals surface area contributed by atoms with E-state index in [1.54, 1.807) is 0 Å². The van der Waals surface area contributed by atoms with Gasteiger partial charge in [0.15, 0.2) is 17.5 Å². The van der Waals surface area contributed by atoms with Gasteiger partial charge < -0.3 is 24.8 Å². The Bertz CT molecular complexity index is 634. The molecular weight excluding hydrogens is 386 g/mol.